The molecule has 2 aromatic heterocycles. The molecule has 3 aromatic rings. The lowest BCUT2D eigenvalue weighted by Gasteiger charge is -2.49. The third kappa shape index (κ3) is 5.10. The summed E-state index contributed by atoms with van der Waals surface area (Å²) in [4.78, 5) is 20.5. The maximum Gasteiger partial charge on any atom is 0.252 e. The van der Waals surface area contributed by atoms with E-state index in [0.29, 0.717) is 12.1 Å². The lowest BCUT2D eigenvalue weighted by Crippen LogP contribution is -2.58. The van der Waals surface area contributed by atoms with E-state index >= 15 is 0 Å². The van der Waals surface area contributed by atoms with E-state index < -0.39 is 0 Å². The summed E-state index contributed by atoms with van der Waals surface area (Å²) in [5.41, 5.74) is 5.18. The number of benzene rings is 1. The van der Waals surface area contributed by atoms with Gasteiger partial charge in [0.2, 0.25) is 0 Å². The number of aromatic nitrogens is 3. The molecule has 5 rings (SSSR count). The first-order chi connectivity index (χ1) is 18.4. The lowest BCUT2D eigenvalue weighted by atomic mass is 9.96. The number of rotatable bonds is 8. The van der Waals surface area contributed by atoms with Crippen molar-refractivity contribution in [3.8, 4) is 6.07 Å². The Labute approximate surface area is 226 Å². The predicted molar refractivity (Wildman–Crippen MR) is 152 cm³/mol. The first-order valence-corrected chi connectivity index (χ1v) is 14.2. The minimum Gasteiger partial charge on any atom is -0.364 e. The molecule has 0 bridgehead atoms. The highest BCUT2D eigenvalue weighted by molar-refractivity contribution is 5.88. The van der Waals surface area contributed by atoms with Crippen LogP contribution in [-0.4, -0.2) is 62.4 Å². The van der Waals surface area contributed by atoms with E-state index in [9.17, 15) is 10.1 Å². The highest BCUT2D eigenvalue weighted by atomic mass is 16.1. The number of hydrogen-bond acceptors (Lipinski definition) is 6. The van der Waals surface area contributed by atoms with Gasteiger partial charge in [0.15, 0.2) is 0 Å². The zero-order valence-corrected chi connectivity index (χ0v) is 23.3. The molecule has 2 aliphatic heterocycles. The summed E-state index contributed by atoms with van der Waals surface area (Å²) < 4.78 is 3.27. The second-order valence-electron chi connectivity index (χ2n) is 11.0. The molecule has 3 atom stereocenters. The summed E-state index contributed by atoms with van der Waals surface area (Å²) in [5.74, 6) is 0. The third-order valence-corrected chi connectivity index (χ3v) is 8.73. The predicted octanol–water partition coefficient (Wildman–Crippen LogP) is 4.29. The molecule has 0 aliphatic carbocycles. The number of nitrogens with zero attached hydrogens (tertiary/aromatic N) is 7. The van der Waals surface area contributed by atoms with Crippen LogP contribution in [0.2, 0.25) is 0 Å². The van der Waals surface area contributed by atoms with Crippen LogP contribution in [0.25, 0.3) is 11.0 Å². The van der Waals surface area contributed by atoms with Gasteiger partial charge in [0, 0.05) is 50.9 Å². The molecule has 0 radical (unpaired) electrons. The molecule has 4 heterocycles. The molecule has 8 heteroatoms. The van der Waals surface area contributed by atoms with Gasteiger partial charge in [-0.25, -0.2) is 0 Å². The molecule has 0 unspecified atom stereocenters. The first-order valence-electron chi connectivity index (χ1n) is 14.2. The SMILES string of the molecule is CC[C@H]1CN([C@H](C)c2ccc(CN3CCCC3)cc2)[C@H](CC)CN1c1cc(=O)n(C)c2cn(CC#N)nc12. The van der Waals surface area contributed by atoms with Crippen LogP contribution in [-0.2, 0) is 20.1 Å². The van der Waals surface area contributed by atoms with Crippen LogP contribution in [0.3, 0.4) is 0 Å². The van der Waals surface area contributed by atoms with Gasteiger partial charge in [-0.3, -0.25) is 19.3 Å². The van der Waals surface area contributed by atoms with Crippen molar-refractivity contribution in [2.45, 2.75) is 77.7 Å². The van der Waals surface area contributed by atoms with Crippen molar-refractivity contribution >= 4 is 16.7 Å². The Morgan fingerprint density at radius 2 is 1.79 bits per heavy atom. The van der Waals surface area contributed by atoms with E-state index in [4.69, 9.17) is 5.10 Å². The fraction of sp³-hybridized carbons (Fsp3) is 0.567. The molecular formula is C30H41N7O. The first kappa shape index (κ1) is 26.5. The van der Waals surface area contributed by atoms with Crippen molar-refractivity contribution in [2.75, 3.05) is 31.1 Å². The highest BCUT2D eigenvalue weighted by Gasteiger charge is 2.36. The molecule has 1 aromatic carbocycles. The van der Waals surface area contributed by atoms with Gasteiger partial charge in [0.05, 0.1) is 23.5 Å². The van der Waals surface area contributed by atoms with E-state index in [1.165, 1.54) is 37.1 Å². The number of aryl methyl sites for hydroxylation is 1. The van der Waals surface area contributed by atoms with Crippen molar-refractivity contribution < 1.29 is 0 Å². The van der Waals surface area contributed by atoms with Crippen LogP contribution in [0.5, 0.6) is 0 Å². The van der Waals surface area contributed by atoms with Crippen molar-refractivity contribution in [3.63, 3.8) is 0 Å². The Hall–Kier alpha value is -3.15. The molecule has 2 saturated heterocycles. The zero-order valence-electron chi connectivity index (χ0n) is 23.3. The smallest absolute Gasteiger partial charge is 0.252 e. The summed E-state index contributed by atoms with van der Waals surface area (Å²) in [7, 11) is 1.77. The fourth-order valence-electron chi connectivity index (χ4n) is 6.36. The highest BCUT2D eigenvalue weighted by Crippen LogP contribution is 2.34. The standard InChI is InChI=1S/C30H41N7O/c1-5-25-20-37(27-17-29(38)33(4)28-21-35(16-13-31)32-30(27)28)26(6-2)19-36(25)22(3)24-11-9-23(10-12-24)18-34-14-7-8-15-34/h9-12,17,21-22,25-26H,5-8,14-16,18-20H2,1-4H3/t22-,25-,26+/m1/s1. The van der Waals surface area contributed by atoms with Gasteiger partial charge < -0.3 is 9.47 Å². The van der Waals surface area contributed by atoms with Crippen LogP contribution < -0.4 is 10.5 Å². The number of anilines is 1. The Balaban J connectivity index is 1.40. The summed E-state index contributed by atoms with van der Waals surface area (Å²) in [6, 6.07) is 14.1. The normalized spacial score (nSPS) is 21.7. The third-order valence-electron chi connectivity index (χ3n) is 8.73. The minimum absolute atomic E-state index is 0.0447. The van der Waals surface area contributed by atoms with Gasteiger partial charge >= 0.3 is 0 Å². The van der Waals surface area contributed by atoms with Crippen LogP contribution >= 0.6 is 0 Å². The Morgan fingerprint density at radius 1 is 1.08 bits per heavy atom. The summed E-state index contributed by atoms with van der Waals surface area (Å²) >= 11 is 0. The van der Waals surface area contributed by atoms with Crippen LogP contribution in [0, 0.1) is 11.3 Å². The maximum absolute atomic E-state index is 12.9. The van der Waals surface area contributed by atoms with Crippen molar-refractivity contribution in [3.05, 3.63) is 58.0 Å². The molecular weight excluding hydrogens is 474 g/mol. The van der Waals surface area contributed by atoms with E-state index in [2.05, 4.69) is 65.8 Å². The Morgan fingerprint density at radius 3 is 2.45 bits per heavy atom. The van der Waals surface area contributed by atoms with Gasteiger partial charge in [-0.2, -0.15) is 10.4 Å². The van der Waals surface area contributed by atoms with E-state index in [1.54, 1.807) is 22.4 Å². The van der Waals surface area contributed by atoms with Gasteiger partial charge in [0.25, 0.3) is 5.56 Å². The quantitative estimate of drug-likeness (QED) is 0.446. The molecule has 0 amide bonds. The van der Waals surface area contributed by atoms with Gasteiger partial charge in [-0.15, -0.1) is 0 Å². The van der Waals surface area contributed by atoms with Gasteiger partial charge in [0.1, 0.15) is 12.1 Å². The number of likely N-dealkylation sites (tertiary alicyclic amines) is 1. The minimum atomic E-state index is -0.0447. The van der Waals surface area contributed by atoms with Crippen LogP contribution in [0.4, 0.5) is 5.69 Å². The lowest BCUT2D eigenvalue weighted by molar-refractivity contribution is 0.101. The monoisotopic (exact) mass is 515 g/mol. The molecule has 38 heavy (non-hydrogen) atoms. The second kappa shape index (κ2) is 11.3. The molecule has 0 N–H and O–H groups in total. The zero-order chi connectivity index (χ0) is 26.8. The number of nitriles is 1. The molecule has 202 valence electrons. The topological polar surface area (TPSA) is 73.3 Å². The number of piperazine rings is 1. The summed E-state index contributed by atoms with van der Waals surface area (Å²) in [6.45, 7) is 12.3. The number of hydrogen-bond donors (Lipinski definition) is 0. The fourth-order valence-corrected chi connectivity index (χ4v) is 6.36. The van der Waals surface area contributed by atoms with Gasteiger partial charge in [-0.1, -0.05) is 38.1 Å². The van der Waals surface area contributed by atoms with Crippen LogP contribution in [0.15, 0.2) is 41.3 Å². The average molecular weight is 516 g/mol. The van der Waals surface area contributed by atoms with E-state index in [0.717, 1.165) is 49.2 Å². The van der Waals surface area contributed by atoms with E-state index in [-0.39, 0.29) is 18.1 Å². The molecule has 0 spiro atoms. The summed E-state index contributed by atoms with van der Waals surface area (Å²) in [6.07, 6.45) is 6.46. The largest absolute Gasteiger partial charge is 0.364 e. The van der Waals surface area contributed by atoms with Crippen molar-refractivity contribution in [1.82, 2.24) is 24.1 Å². The van der Waals surface area contributed by atoms with Crippen LogP contribution in [0.1, 0.15) is 63.6 Å². The second-order valence-corrected chi connectivity index (χ2v) is 11.0. The molecule has 0 saturated carbocycles. The number of fused-ring (bicyclic) bond motifs is 1. The molecule has 2 aliphatic rings. The average Bonchev–Trinajstić information content (AvgIpc) is 3.60. The van der Waals surface area contributed by atoms with Crippen molar-refractivity contribution in [2.24, 2.45) is 7.05 Å². The maximum atomic E-state index is 12.9. The Kier molecular flexibility index (Phi) is 7.87. The Bertz CT molecular complexity index is 1350. The summed E-state index contributed by atoms with van der Waals surface area (Å²) in [5, 5.41) is 13.9. The number of pyridine rings is 1. The van der Waals surface area contributed by atoms with E-state index in [1.807, 2.05) is 6.20 Å². The molecule has 2 fully saturated rings. The van der Waals surface area contributed by atoms with Crippen molar-refractivity contribution in [1.29, 1.82) is 5.26 Å². The molecule has 8 nitrogen and oxygen atoms in total. The van der Waals surface area contributed by atoms with Gasteiger partial charge in [-0.05, 0) is 56.8 Å².